The van der Waals surface area contributed by atoms with Gasteiger partial charge in [-0.2, -0.15) is 5.10 Å². The van der Waals surface area contributed by atoms with Gasteiger partial charge in [0.25, 0.3) is 5.56 Å². The zero-order chi connectivity index (χ0) is 12.3. The molecule has 88 valence electrons. The van der Waals surface area contributed by atoms with Gasteiger partial charge in [-0.1, -0.05) is 42.1 Å². The fourth-order valence-electron chi connectivity index (χ4n) is 1.28. The molecule has 0 saturated heterocycles. The van der Waals surface area contributed by atoms with Gasteiger partial charge in [0.2, 0.25) is 0 Å². The second-order valence-electron chi connectivity index (χ2n) is 3.46. The monoisotopic (exact) mass is 249 g/mol. The van der Waals surface area contributed by atoms with Crippen molar-refractivity contribution in [3.63, 3.8) is 0 Å². The molecular weight excluding hydrogens is 238 g/mol. The predicted octanol–water partition coefficient (Wildman–Crippen LogP) is 0.761. The minimum absolute atomic E-state index is 0.302. The Morgan fingerprint density at radius 2 is 2.00 bits per heavy atom. The summed E-state index contributed by atoms with van der Waals surface area (Å²) in [4.78, 5) is 24.8. The van der Waals surface area contributed by atoms with Gasteiger partial charge in [0.1, 0.15) is 0 Å². The minimum atomic E-state index is -0.501. The van der Waals surface area contributed by atoms with Crippen LogP contribution in [0.3, 0.4) is 0 Å². The van der Waals surface area contributed by atoms with Crippen molar-refractivity contribution in [2.45, 2.75) is 10.8 Å². The van der Waals surface area contributed by atoms with E-state index in [2.05, 4.69) is 10.1 Å². The Morgan fingerprint density at radius 1 is 1.29 bits per heavy atom. The van der Waals surface area contributed by atoms with E-state index in [1.165, 1.54) is 18.8 Å². The summed E-state index contributed by atoms with van der Waals surface area (Å²) < 4.78 is 1.12. The van der Waals surface area contributed by atoms with E-state index in [9.17, 15) is 9.59 Å². The summed E-state index contributed by atoms with van der Waals surface area (Å²) in [7, 11) is 1.50. The molecule has 17 heavy (non-hydrogen) atoms. The number of hydrogen-bond donors (Lipinski definition) is 1. The molecule has 2 rings (SSSR count). The van der Waals surface area contributed by atoms with Crippen LogP contribution in [0.25, 0.3) is 0 Å². The van der Waals surface area contributed by atoms with Crippen molar-refractivity contribution in [2.24, 2.45) is 7.05 Å². The maximum absolute atomic E-state index is 11.5. The molecule has 6 heteroatoms. The number of hydrogen-bond acceptors (Lipinski definition) is 4. The van der Waals surface area contributed by atoms with Crippen molar-refractivity contribution in [1.29, 1.82) is 0 Å². The normalized spacial score (nSPS) is 10.4. The van der Waals surface area contributed by atoms with E-state index in [1.807, 2.05) is 30.3 Å². The number of aromatic nitrogens is 3. The Bertz CT molecular complexity index is 619. The van der Waals surface area contributed by atoms with Gasteiger partial charge in [-0.05, 0) is 5.56 Å². The van der Waals surface area contributed by atoms with Crippen molar-refractivity contribution < 1.29 is 0 Å². The third kappa shape index (κ3) is 2.85. The van der Waals surface area contributed by atoms with E-state index in [0.29, 0.717) is 10.8 Å². The standard InChI is InChI=1S/C11H11N3O2S/c1-14-11(16)12-9(15)10(13-14)17-7-8-5-3-2-4-6-8/h2-6H,7H2,1H3,(H,12,15,16). The molecule has 0 spiro atoms. The molecule has 0 bridgehead atoms. The van der Waals surface area contributed by atoms with E-state index < -0.39 is 11.2 Å². The number of thioether (sulfide) groups is 1. The number of aromatic amines is 1. The lowest BCUT2D eigenvalue weighted by molar-refractivity contribution is 0.622. The van der Waals surface area contributed by atoms with Gasteiger partial charge >= 0.3 is 5.69 Å². The molecule has 5 nitrogen and oxygen atoms in total. The van der Waals surface area contributed by atoms with Crippen LogP contribution in [-0.2, 0) is 12.8 Å². The summed E-state index contributed by atoms with van der Waals surface area (Å²) in [6.45, 7) is 0. The SMILES string of the molecule is Cn1nc(SCc2ccccc2)c(=O)[nH]c1=O. The largest absolute Gasteiger partial charge is 0.344 e. The van der Waals surface area contributed by atoms with Crippen molar-refractivity contribution >= 4 is 11.8 Å². The molecular formula is C11H11N3O2S. The maximum Gasteiger partial charge on any atom is 0.344 e. The quantitative estimate of drug-likeness (QED) is 0.815. The summed E-state index contributed by atoms with van der Waals surface area (Å²) in [6.07, 6.45) is 0. The third-order valence-electron chi connectivity index (χ3n) is 2.17. The maximum atomic E-state index is 11.5. The van der Waals surface area contributed by atoms with Crippen LogP contribution < -0.4 is 11.2 Å². The van der Waals surface area contributed by atoms with Gasteiger partial charge < -0.3 is 0 Å². The molecule has 1 aromatic heterocycles. The Labute approximate surface area is 102 Å². The summed E-state index contributed by atoms with van der Waals surface area (Å²) in [5.41, 5.74) is 0.167. The third-order valence-corrected chi connectivity index (χ3v) is 3.19. The van der Waals surface area contributed by atoms with Crippen LogP contribution in [0.5, 0.6) is 0 Å². The number of rotatable bonds is 3. The highest BCUT2D eigenvalue weighted by atomic mass is 32.2. The first-order chi connectivity index (χ1) is 8.16. The zero-order valence-corrected chi connectivity index (χ0v) is 10.0. The second kappa shape index (κ2) is 5.01. The van der Waals surface area contributed by atoms with Gasteiger partial charge in [0.05, 0.1) is 0 Å². The Hall–Kier alpha value is -1.82. The van der Waals surface area contributed by atoms with Crippen LogP contribution in [0.2, 0.25) is 0 Å². The molecule has 2 aromatic rings. The Balaban J connectivity index is 2.18. The van der Waals surface area contributed by atoms with E-state index in [0.717, 1.165) is 10.2 Å². The first-order valence-corrected chi connectivity index (χ1v) is 6.00. The highest BCUT2D eigenvalue weighted by Crippen LogP contribution is 2.16. The summed E-state index contributed by atoms with van der Waals surface area (Å²) >= 11 is 1.31. The van der Waals surface area contributed by atoms with E-state index in [-0.39, 0.29) is 0 Å². The summed E-state index contributed by atoms with van der Waals surface area (Å²) in [5, 5.41) is 4.21. The number of benzene rings is 1. The molecule has 0 fully saturated rings. The first kappa shape index (κ1) is 11.7. The number of nitrogens with one attached hydrogen (secondary N) is 1. The van der Waals surface area contributed by atoms with Crippen molar-refractivity contribution in [3.05, 3.63) is 56.7 Å². The minimum Gasteiger partial charge on any atom is -0.270 e. The lowest BCUT2D eigenvalue weighted by atomic mass is 10.2. The van der Waals surface area contributed by atoms with Crippen LogP contribution in [0.15, 0.2) is 44.9 Å². The van der Waals surface area contributed by atoms with Gasteiger partial charge in [0, 0.05) is 12.8 Å². The van der Waals surface area contributed by atoms with Crippen molar-refractivity contribution in [3.8, 4) is 0 Å². The molecule has 0 aliphatic carbocycles. The Morgan fingerprint density at radius 3 is 2.71 bits per heavy atom. The molecule has 0 atom stereocenters. The van der Waals surface area contributed by atoms with Gasteiger partial charge in [0.15, 0.2) is 5.03 Å². The van der Waals surface area contributed by atoms with Crippen LogP contribution in [0.1, 0.15) is 5.56 Å². The summed E-state index contributed by atoms with van der Waals surface area (Å²) in [5.74, 6) is 0.648. The average Bonchev–Trinajstić information content (AvgIpc) is 2.33. The number of nitrogens with zero attached hydrogens (tertiary/aromatic N) is 2. The smallest absolute Gasteiger partial charge is 0.270 e. The first-order valence-electron chi connectivity index (χ1n) is 5.01. The molecule has 0 aliphatic heterocycles. The van der Waals surface area contributed by atoms with E-state index >= 15 is 0 Å². The number of aryl methyl sites for hydroxylation is 1. The highest BCUT2D eigenvalue weighted by Gasteiger charge is 2.05. The molecule has 0 saturated carbocycles. The summed E-state index contributed by atoms with van der Waals surface area (Å²) in [6, 6.07) is 9.76. The fourth-order valence-corrected chi connectivity index (χ4v) is 2.14. The van der Waals surface area contributed by atoms with Crippen molar-refractivity contribution in [1.82, 2.24) is 14.8 Å². The predicted molar refractivity (Wildman–Crippen MR) is 66.1 cm³/mol. The fraction of sp³-hybridized carbons (Fsp3) is 0.182. The molecule has 0 amide bonds. The van der Waals surface area contributed by atoms with Crippen LogP contribution >= 0.6 is 11.8 Å². The van der Waals surface area contributed by atoms with Gasteiger partial charge in [-0.15, -0.1) is 0 Å². The van der Waals surface area contributed by atoms with Crippen LogP contribution in [0, 0.1) is 0 Å². The van der Waals surface area contributed by atoms with Gasteiger partial charge in [-0.25, -0.2) is 9.48 Å². The van der Waals surface area contributed by atoms with E-state index in [4.69, 9.17) is 0 Å². The van der Waals surface area contributed by atoms with Crippen molar-refractivity contribution in [2.75, 3.05) is 0 Å². The highest BCUT2D eigenvalue weighted by molar-refractivity contribution is 7.98. The lowest BCUT2D eigenvalue weighted by Gasteiger charge is -2.01. The molecule has 0 radical (unpaired) electrons. The second-order valence-corrected chi connectivity index (χ2v) is 4.43. The Kier molecular flexibility index (Phi) is 3.43. The molecule has 1 aromatic carbocycles. The average molecular weight is 249 g/mol. The molecule has 0 aliphatic rings. The van der Waals surface area contributed by atoms with E-state index in [1.54, 1.807) is 0 Å². The van der Waals surface area contributed by atoms with Crippen LogP contribution in [-0.4, -0.2) is 14.8 Å². The topological polar surface area (TPSA) is 67.8 Å². The molecule has 1 N–H and O–H groups in total. The van der Waals surface area contributed by atoms with Gasteiger partial charge in [-0.3, -0.25) is 9.78 Å². The lowest BCUT2D eigenvalue weighted by Crippen LogP contribution is -2.31. The number of H-pyrrole nitrogens is 1. The molecule has 1 heterocycles. The van der Waals surface area contributed by atoms with Crippen LogP contribution in [0.4, 0.5) is 0 Å². The molecule has 0 unspecified atom stereocenters. The zero-order valence-electron chi connectivity index (χ0n) is 9.21.